The second-order valence-corrected chi connectivity index (χ2v) is 9.13. The average molecular weight is 470 g/mol. The van der Waals surface area contributed by atoms with Crippen molar-refractivity contribution in [3.63, 3.8) is 0 Å². The summed E-state index contributed by atoms with van der Waals surface area (Å²) < 4.78 is 71.6. The van der Waals surface area contributed by atoms with Gasteiger partial charge in [0.25, 0.3) is 0 Å². The smallest absolute Gasteiger partial charge is 0.433 e. The number of carbonyl (C=O) groups excluding carboxylic acids is 1. The maximum absolute atomic E-state index is 13.2. The van der Waals surface area contributed by atoms with Crippen molar-refractivity contribution in [2.45, 2.75) is 16.0 Å². The van der Waals surface area contributed by atoms with Crippen LogP contribution in [0.25, 0.3) is 10.9 Å². The lowest BCUT2D eigenvalue weighted by Crippen LogP contribution is -2.27. The summed E-state index contributed by atoms with van der Waals surface area (Å²) in [5, 5.41) is 0.541. The number of benzene rings is 2. The average Bonchev–Trinajstić information content (AvgIpc) is 2.75. The van der Waals surface area contributed by atoms with Crippen molar-refractivity contribution in [3.8, 4) is 0 Å². The highest BCUT2D eigenvalue weighted by Crippen LogP contribution is 2.34. The third-order valence-electron chi connectivity index (χ3n) is 4.20. The Morgan fingerprint density at radius 2 is 1.81 bits per heavy atom. The van der Waals surface area contributed by atoms with Gasteiger partial charge in [-0.1, -0.05) is 30.3 Å². The molecule has 11 heteroatoms. The molecule has 0 aliphatic carbocycles. The van der Waals surface area contributed by atoms with Crippen LogP contribution >= 0.6 is 11.8 Å². The Labute approximate surface area is 180 Å². The molecule has 1 heterocycles. The zero-order chi connectivity index (χ0) is 22.6. The van der Waals surface area contributed by atoms with Crippen LogP contribution in [0.5, 0.6) is 0 Å². The summed E-state index contributed by atoms with van der Waals surface area (Å²) in [5.41, 5.74) is -0.922. The fourth-order valence-corrected chi connectivity index (χ4v) is 5.10. The van der Waals surface area contributed by atoms with E-state index in [-0.39, 0.29) is 28.3 Å². The molecule has 0 aliphatic rings. The van der Waals surface area contributed by atoms with E-state index in [9.17, 15) is 26.4 Å². The fraction of sp³-hybridized carbons (Fsp3) is 0.200. The summed E-state index contributed by atoms with van der Waals surface area (Å²) in [5.74, 6) is -0.636. The monoisotopic (exact) mass is 470 g/mol. The molecule has 0 saturated carbocycles. The molecule has 0 saturated heterocycles. The van der Waals surface area contributed by atoms with Crippen molar-refractivity contribution in [1.82, 2.24) is 9.71 Å². The van der Waals surface area contributed by atoms with Crippen LogP contribution in [0.15, 0.2) is 64.4 Å². The molecular formula is C20H17F3N2O4S2. The number of nitrogens with zero attached hydrogens (tertiary/aromatic N) is 1. The van der Waals surface area contributed by atoms with Gasteiger partial charge in [-0.25, -0.2) is 22.9 Å². The van der Waals surface area contributed by atoms with E-state index in [4.69, 9.17) is 0 Å². The third-order valence-corrected chi connectivity index (χ3v) is 6.78. The number of hydrogen-bond donors (Lipinski definition) is 1. The predicted molar refractivity (Wildman–Crippen MR) is 110 cm³/mol. The highest BCUT2D eigenvalue weighted by Gasteiger charge is 2.33. The number of alkyl halides is 3. The van der Waals surface area contributed by atoms with E-state index in [1.807, 2.05) is 0 Å². The Kier molecular flexibility index (Phi) is 6.87. The van der Waals surface area contributed by atoms with Crippen molar-refractivity contribution in [2.24, 2.45) is 0 Å². The normalized spacial score (nSPS) is 12.1. The summed E-state index contributed by atoms with van der Waals surface area (Å²) in [4.78, 5) is 15.6. The van der Waals surface area contributed by atoms with Crippen molar-refractivity contribution < 1.29 is 31.1 Å². The van der Waals surface area contributed by atoms with E-state index in [0.29, 0.717) is 10.3 Å². The largest absolute Gasteiger partial charge is 0.465 e. The van der Waals surface area contributed by atoms with Gasteiger partial charge in [0.2, 0.25) is 10.0 Å². The van der Waals surface area contributed by atoms with Crippen LogP contribution in [0.1, 0.15) is 16.1 Å². The predicted octanol–water partition coefficient (Wildman–Crippen LogP) is 4.11. The molecule has 2 aromatic carbocycles. The first kappa shape index (κ1) is 23.0. The number of ether oxygens (including phenoxy) is 1. The van der Waals surface area contributed by atoms with E-state index in [2.05, 4.69) is 14.4 Å². The van der Waals surface area contributed by atoms with E-state index in [0.717, 1.165) is 24.9 Å². The van der Waals surface area contributed by atoms with Crippen molar-refractivity contribution >= 4 is 38.7 Å². The minimum Gasteiger partial charge on any atom is -0.465 e. The van der Waals surface area contributed by atoms with Crippen LogP contribution in [0, 0.1) is 0 Å². The van der Waals surface area contributed by atoms with Crippen LogP contribution in [0.3, 0.4) is 0 Å². The SMILES string of the molecule is COC(=O)c1ccccc1S(=O)(=O)NCCSc1cc(C(F)(F)F)nc2ccccc12. The number of para-hydroxylation sites is 1. The van der Waals surface area contributed by atoms with E-state index in [1.165, 1.54) is 30.3 Å². The van der Waals surface area contributed by atoms with Gasteiger partial charge in [-0.05, 0) is 24.3 Å². The number of carbonyl (C=O) groups is 1. The second-order valence-electron chi connectivity index (χ2n) is 6.25. The molecule has 0 fully saturated rings. The second kappa shape index (κ2) is 9.25. The summed E-state index contributed by atoms with van der Waals surface area (Å²) in [6.45, 7) is -0.0689. The van der Waals surface area contributed by atoms with E-state index in [1.54, 1.807) is 18.2 Å². The molecule has 31 heavy (non-hydrogen) atoms. The van der Waals surface area contributed by atoms with Gasteiger partial charge in [-0.2, -0.15) is 13.2 Å². The molecule has 1 N–H and O–H groups in total. The molecule has 0 radical (unpaired) electrons. The number of nitrogens with one attached hydrogen (secondary N) is 1. The number of aromatic nitrogens is 1. The highest BCUT2D eigenvalue weighted by atomic mass is 32.2. The van der Waals surface area contributed by atoms with Gasteiger partial charge in [0.05, 0.1) is 23.1 Å². The molecule has 164 valence electrons. The summed E-state index contributed by atoms with van der Waals surface area (Å²) in [6, 6.07) is 13.0. The van der Waals surface area contributed by atoms with Gasteiger partial charge in [0.15, 0.2) is 0 Å². The Hall–Kier alpha value is -2.63. The third kappa shape index (κ3) is 5.35. The van der Waals surface area contributed by atoms with Gasteiger partial charge in [-0.15, -0.1) is 11.8 Å². The number of rotatable bonds is 7. The van der Waals surface area contributed by atoms with Crippen LogP contribution in [0.2, 0.25) is 0 Å². The lowest BCUT2D eigenvalue weighted by Gasteiger charge is -2.12. The van der Waals surface area contributed by atoms with Crippen molar-refractivity contribution in [3.05, 3.63) is 65.9 Å². The number of hydrogen-bond acceptors (Lipinski definition) is 6. The summed E-state index contributed by atoms with van der Waals surface area (Å²) in [7, 11) is -2.89. The molecule has 0 bridgehead atoms. The standard InChI is InChI=1S/C20H17F3N2O4S2/c1-29-19(26)14-7-3-5-9-17(14)31(27,28)24-10-11-30-16-12-18(20(21,22)23)25-15-8-4-2-6-13(15)16/h2-9,12,24H,10-11H2,1H3. The van der Waals surface area contributed by atoms with Gasteiger partial charge in [0, 0.05) is 22.6 Å². The number of thioether (sulfide) groups is 1. The maximum atomic E-state index is 13.2. The van der Waals surface area contributed by atoms with Crippen molar-refractivity contribution in [1.29, 1.82) is 0 Å². The Morgan fingerprint density at radius 1 is 1.13 bits per heavy atom. The minimum atomic E-state index is -4.60. The zero-order valence-corrected chi connectivity index (χ0v) is 17.8. The molecule has 0 unspecified atom stereocenters. The highest BCUT2D eigenvalue weighted by molar-refractivity contribution is 7.99. The fourth-order valence-electron chi connectivity index (χ4n) is 2.80. The summed E-state index contributed by atoms with van der Waals surface area (Å²) >= 11 is 1.07. The van der Waals surface area contributed by atoms with Crippen molar-refractivity contribution in [2.75, 3.05) is 19.4 Å². The Bertz CT molecular complexity index is 1210. The first-order chi connectivity index (χ1) is 14.6. The zero-order valence-electron chi connectivity index (χ0n) is 16.1. The molecule has 0 spiro atoms. The van der Waals surface area contributed by atoms with E-state index >= 15 is 0 Å². The molecule has 0 amide bonds. The van der Waals surface area contributed by atoms with Crippen LogP contribution < -0.4 is 4.72 Å². The molecule has 1 aromatic heterocycles. The van der Waals surface area contributed by atoms with Gasteiger partial charge >= 0.3 is 12.1 Å². The molecule has 0 atom stereocenters. The maximum Gasteiger partial charge on any atom is 0.433 e. The minimum absolute atomic E-state index is 0.0689. The molecule has 3 aromatic rings. The van der Waals surface area contributed by atoms with Crippen LogP contribution in [-0.4, -0.2) is 38.8 Å². The Morgan fingerprint density at radius 3 is 2.52 bits per heavy atom. The first-order valence-corrected chi connectivity index (χ1v) is 11.4. The molecule has 0 aliphatic heterocycles. The number of halogens is 3. The number of pyridine rings is 1. The van der Waals surface area contributed by atoms with Gasteiger partial charge in [-0.3, -0.25) is 0 Å². The lowest BCUT2D eigenvalue weighted by molar-refractivity contribution is -0.141. The summed E-state index contributed by atoms with van der Waals surface area (Å²) in [6.07, 6.45) is -4.60. The number of esters is 1. The molecular weight excluding hydrogens is 453 g/mol. The van der Waals surface area contributed by atoms with Gasteiger partial charge < -0.3 is 4.74 Å². The number of fused-ring (bicyclic) bond motifs is 1. The molecule has 3 rings (SSSR count). The molecule has 6 nitrogen and oxygen atoms in total. The lowest BCUT2D eigenvalue weighted by atomic mass is 10.2. The Balaban J connectivity index is 1.76. The topological polar surface area (TPSA) is 85.4 Å². The van der Waals surface area contributed by atoms with Crippen LogP contribution in [0.4, 0.5) is 13.2 Å². The number of methoxy groups -OCH3 is 1. The number of sulfonamides is 1. The van der Waals surface area contributed by atoms with Crippen LogP contribution in [-0.2, 0) is 20.9 Å². The van der Waals surface area contributed by atoms with E-state index < -0.39 is 27.9 Å². The quantitative estimate of drug-likeness (QED) is 0.318. The first-order valence-electron chi connectivity index (χ1n) is 8.90. The van der Waals surface area contributed by atoms with Gasteiger partial charge in [0.1, 0.15) is 5.69 Å².